The van der Waals surface area contributed by atoms with E-state index in [0.717, 1.165) is 32.6 Å². The molecule has 2 N–H and O–H groups in total. The zero-order valence-electron chi connectivity index (χ0n) is 12.6. The molecular weight excluding hydrogens is 274 g/mol. The first-order valence-corrected chi connectivity index (χ1v) is 7.55. The van der Waals surface area contributed by atoms with Gasteiger partial charge in [0.1, 0.15) is 5.54 Å². The Hall–Kier alpha value is -1.18. The van der Waals surface area contributed by atoms with E-state index in [9.17, 15) is 14.7 Å². The highest BCUT2D eigenvalue weighted by atomic mass is 16.5. The van der Waals surface area contributed by atoms with Gasteiger partial charge in [0.15, 0.2) is 0 Å². The highest BCUT2D eigenvalue weighted by molar-refractivity contribution is 5.88. The molecule has 2 aliphatic heterocycles. The second kappa shape index (κ2) is 7.20. The number of carbonyl (C=O) groups is 2. The molecule has 2 aliphatic rings. The quantitative estimate of drug-likeness (QED) is 0.719. The number of nitrogens with zero attached hydrogens (tertiary/aromatic N) is 2. The first kappa shape index (κ1) is 16.2. The number of aliphatic carboxylic acids is 1. The van der Waals surface area contributed by atoms with Crippen LogP contribution in [0, 0.1) is 0 Å². The van der Waals surface area contributed by atoms with Crippen molar-refractivity contribution >= 4 is 11.9 Å². The molecule has 0 unspecified atom stereocenters. The number of rotatable bonds is 4. The van der Waals surface area contributed by atoms with Gasteiger partial charge in [0.25, 0.3) is 0 Å². The van der Waals surface area contributed by atoms with Crippen LogP contribution in [-0.2, 0) is 14.3 Å². The number of carboxylic acids is 1. The molecule has 0 aromatic heterocycles. The van der Waals surface area contributed by atoms with Crippen LogP contribution < -0.4 is 5.32 Å². The van der Waals surface area contributed by atoms with Gasteiger partial charge in [-0.3, -0.25) is 9.69 Å². The molecule has 2 saturated heterocycles. The molecule has 0 aromatic carbocycles. The summed E-state index contributed by atoms with van der Waals surface area (Å²) in [4.78, 5) is 28.1. The van der Waals surface area contributed by atoms with Crippen molar-refractivity contribution in [2.24, 2.45) is 0 Å². The summed E-state index contributed by atoms with van der Waals surface area (Å²) in [6.07, 6.45) is 1.69. The topological polar surface area (TPSA) is 82.1 Å². The lowest BCUT2D eigenvalue weighted by atomic mass is 9.90. The second-order valence-corrected chi connectivity index (χ2v) is 5.98. The minimum absolute atomic E-state index is 0.205. The van der Waals surface area contributed by atoms with Crippen LogP contribution in [0.3, 0.4) is 0 Å². The largest absolute Gasteiger partial charge is 0.480 e. The maximum Gasteiger partial charge on any atom is 0.329 e. The van der Waals surface area contributed by atoms with Crippen LogP contribution in [0.15, 0.2) is 0 Å². The van der Waals surface area contributed by atoms with Crippen molar-refractivity contribution in [2.75, 3.05) is 53.0 Å². The number of ether oxygens (including phenoxy) is 1. The van der Waals surface area contributed by atoms with Crippen molar-refractivity contribution in [1.29, 1.82) is 0 Å². The summed E-state index contributed by atoms with van der Waals surface area (Å²) in [5.74, 6) is -1.17. The molecule has 2 heterocycles. The third-order valence-corrected chi connectivity index (χ3v) is 4.31. The number of carbonyl (C=O) groups excluding carboxylic acids is 1. The van der Waals surface area contributed by atoms with Gasteiger partial charge in [0.05, 0.1) is 6.54 Å². The maximum atomic E-state index is 12.2. The monoisotopic (exact) mass is 299 g/mol. The molecule has 2 fully saturated rings. The predicted molar refractivity (Wildman–Crippen MR) is 77.1 cm³/mol. The number of amides is 1. The highest BCUT2D eigenvalue weighted by Crippen LogP contribution is 2.21. The van der Waals surface area contributed by atoms with Crippen LogP contribution in [0.1, 0.15) is 19.3 Å². The Kier molecular flexibility index (Phi) is 5.55. The Bertz CT molecular complexity index is 382. The zero-order valence-corrected chi connectivity index (χ0v) is 12.6. The minimum Gasteiger partial charge on any atom is -0.480 e. The molecule has 0 aliphatic carbocycles. The molecule has 7 heteroatoms. The average Bonchev–Trinajstić information content (AvgIpc) is 2.64. The molecule has 0 aromatic rings. The molecule has 7 nitrogen and oxygen atoms in total. The van der Waals surface area contributed by atoms with Gasteiger partial charge >= 0.3 is 5.97 Å². The summed E-state index contributed by atoms with van der Waals surface area (Å²) in [6.45, 7) is 4.71. The fraction of sp³-hybridized carbons (Fsp3) is 0.857. The summed E-state index contributed by atoms with van der Waals surface area (Å²) in [5, 5.41) is 12.2. The summed E-state index contributed by atoms with van der Waals surface area (Å²) < 4.78 is 5.20. The Morgan fingerprint density at radius 3 is 2.57 bits per heavy atom. The van der Waals surface area contributed by atoms with Crippen LogP contribution in [-0.4, -0.2) is 85.3 Å². The lowest BCUT2D eigenvalue weighted by Gasteiger charge is -2.34. The van der Waals surface area contributed by atoms with Gasteiger partial charge in [0.2, 0.25) is 5.91 Å². The van der Waals surface area contributed by atoms with Gasteiger partial charge in [-0.15, -0.1) is 0 Å². The molecule has 0 atom stereocenters. The minimum atomic E-state index is -1.15. The molecule has 1 amide bonds. The van der Waals surface area contributed by atoms with Crippen molar-refractivity contribution in [3.63, 3.8) is 0 Å². The van der Waals surface area contributed by atoms with E-state index in [2.05, 4.69) is 22.2 Å². The van der Waals surface area contributed by atoms with E-state index in [0.29, 0.717) is 26.1 Å². The molecule has 0 bridgehead atoms. The third kappa shape index (κ3) is 4.39. The van der Waals surface area contributed by atoms with Crippen molar-refractivity contribution in [3.8, 4) is 0 Å². The summed E-state index contributed by atoms with van der Waals surface area (Å²) in [6, 6.07) is 0. The van der Waals surface area contributed by atoms with Gasteiger partial charge in [-0.1, -0.05) is 0 Å². The number of carboxylic acid groups (broad SMARTS) is 1. The molecule has 0 saturated carbocycles. The smallest absolute Gasteiger partial charge is 0.329 e. The molecule has 0 radical (unpaired) electrons. The van der Waals surface area contributed by atoms with Crippen molar-refractivity contribution < 1.29 is 19.4 Å². The normalized spacial score (nSPS) is 24.2. The van der Waals surface area contributed by atoms with E-state index in [-0.39, 0.29) is 12.5 Å². The lowest BCUT2D eigenvalue weighted by Crippen LogP contribution is -2.59. The summed E-state index contributed by atoms with van der Waals surface area (Å²) >= 11 is 0. The van der Waals surface area contributed by atoms with E-state index in [1.54, 1.807) is 0 Å². The maximum absolute atomic E-state index is 12.2. The van der Waals surface area contributed by atoms with Crippen molar-refractivity contribution in [3.05, 3.63) is 0 Å². The lowest BCUT2D eigenvalue weighted by molar-refractivity contribution is -0.152. The van der Waals surface area contributed by atoms with Gasteiger partial charge in [-0.05, 0) is 26.6 Å². The van der Waals surface area contributed by atoms with Crippen LogP contribution in [0.5, 0.6) is 0 Å². The van der Waals surface area contributed by atoms with Crippen LogP contribution in [0.25, 0.3) is 0 Å². The Balaban J connectivity index is 1.88. The van der Waals surface area contributed by atoms with Crippen molar-refractivity contribution in [2.45, 2.75) is 24.8 Å². The number of hydrogen-bond donors (Lipinski definition) is 2. The Labute approximate surface area is 125 Å². The first-order chi connectivity index (χ1) is 10.0. The van der Waals surface area contributed by atoms with Gasteiger partial charge in [0, 0.05) is 39.1 Å². The molecule has 2 rings (SSSR count). The SMILES string of the molecule is CN1CCCN(CC(=O)NC2(C(=O)O)CCOCC2)CC1. The molecule has 120 valence electrons. The highest BCUT2D eigenvalue weighted by Gasteiger charge is 2.41. The standard InChI is InChI=1S/C14H25N3O4/c1-16-5-2-6-17(8-7-16)11-12(18)15-14(13(19)20)3-9-21-10-4-14/h2-11H2,1H3,(H,15,18)(H,19,20). The van der Waals surface area contributed by atoms with Crippen LogP contribution in [0.4, 0.5) is 0 Å². The molecule has 0 spiro atoms. The first-order valence-electron chi connectivity index (χ1n) is 7.55. The van der Waals surface area contributed by atoms with Gasteiger partial charge in [-0.25, -0.2) is 4.79 Å². The summed E-state index contributed by atoms with van der Waals surface area (Å²) in [5.41, 5.74) is -1.15. The van der Waals surface area contributed by atoms with E-state index in [1.807, 2.05) is 0 Å². The van der Waals surface area contributed by atoms with E-state index in [4.69, 9.17) is 4.74 Å². The summed E-state index contributed by atoms with van der Waals surface area (Å²) in [7, 11) is 2.07. The van der Waals surface area contributed by atoms with Gasteiger partial charge < -0.3 is 20.1 Å². The fourth-order valence-corrected chi connectivity index (χ4v) is 2.88. The van der Waals surface area contributed by atoms with Crippen LogP contribution in [0.2, 0.25) is 0 Å². The van der Waals surface area contributed by atoms with E-state index in [1.165, 1.54) is 0 Å². The van der Waals surface area contributed by atoms with E-state index < -0.39 is 11.5 Å². The molecular formula is C14H25N3O4. The second-order valence-electron chi connectivity index (χ2n) is 5.98. The third-order valence-electron chi connectivity index (χ3n) is 4.31. The zero-order chi connectivity index (χ0) is 15.3. The average molecular weight is 299 g/mol. The molecule has 21 heavy (non-hydrogen) atoms. The van der Waals surface area contributed by atoms with E-state index >= 15 is 0 Å². The Morgan fingerprint density at radius 2 is 1.90 bits per heavy atom. The predicted octanol–water partition coefficient (Wildman–Crippen LogP) is -0.626. The van der Waals surface area contributed by atoms with Crippen molar-refractivity contribution in [1.82, 2.24) is 15.1 Å². The Morgan fingerprint density at radius 1 is 1.19 bits per heavy atom. The number of likely N-dealkylation sites (N-methyl/N-ethyl adjacent to an activating group) is 1. The van der Waals surface area contributed by atoms with Gasteiger partial charge in [-0.2, -0.15) is 0 Å². The fourth-order valence-electron chi connectivity index (χ4n) is 2.88. The van der Waals surface area contributed by atoms with Crippen LogP contribution >= 0.6 is 0 Å². The number of hydrogen-bond acceptors (Lipinski definition) is 5. The number of nitrogens with one attached hydrogen (secondary N) is 1.